The molecule has 8 heteroatoms. The number of carbonyl (C=O) groups is 1. The number of rotatable bonds is 8. The Morgan fingerprint density at radius 2 is 1.78 bits per heavy atom. The predicted molar refractivity (Wildman–Crippen MR) is 107 cm³/mol. The summed E-state index contributed by atoms with van der Waals surface area (Å²) in [4.78, 5) is 12.5. The van der Waals surface area contributed by atoms with Crippen molar-refractivity contribution in [3.63, 3.8) is 0 Å². The fraction of sp³-hybridized carbons (Fsp3) is 0.316. The van der Waals surface area contributed by atoms with Crippen molar-refractivity contribution in [2.45, 2.75) is 31.8 Å². The quantitative estimate of drug-likeness (QED) is 0.718. The van der Waals surface area contributed by atoms with Crippen LogP contribution in [0.5, 0.6) is 5.75 Å². The van der Waals surface area contributed by atoms with Gasteiger partial charge in [0, 0.05) is 23.8 Å². The highest BCUT2D eigenvalue weighted by Crippen LogP contribution is 2.20. The van der Waals surface area contributed by atoms with Crippen molar-refractivity contribution in [3.05, 3.63) is 53.6 Å². The van der Waals surface area contributed by atoms with Crippen LogP contribution < -0.4 is 10.1 Å². The molecule has 1 amide bonds. The van der Waals surface area contributed by atoms with Gasteiger partial charge in [-0.15, -0.1) is 0 Å². The molecule has 27 heavy (non-hydrogen) atoms. The second-order valence-corrected chi connectivity index (χ2v) is 8.19. The van der Waals surface area contributed by atoms with Crippen molar-refractivity contribution in [2.24, 2.45) is 0 Å². The van der Waals surface area contributed by atoms with E-state index >= 15 is 0 Å². The molecular weight excluding hydrogens is 388 g/mol. The number of sulfonamides is 1. The Kier molecular flexibility index (Phi) is 7.24. The molecular formula is C19H23ClN2O4S. The molecule has 0 unspecified atom stereocenters. The number of nitrogens with zero attached hydrogens (tertiary/aromatic N) is 1. The summed E-state index contributed by atoms with van der Waals surface area (Å²) < 4.78 is 31.9. The summed E-state index contributed by atoms with van der Waals surface area (Å²) in [6.07, 6.45) is -0.748. The highest BCUT2D eigenvalue weighted by Gasteiger charge is 2.21. The summed E-state index contributed by atoms with van der Waals surface area (Å²) in [6.45, 7) is 5.99. The third-order valence-electron chi connectivity index (χ3n) is 3.94. The third-order valence-corrected chi connectivity index (χ3v) is 6.24. The lowest BCUT2D eigenvalue weighted by Gasteiger charge is -2.19. The second kappa shape index (κ2) is 9.21. The molecule has 0 saturated carbocycles. The minimum absolute atomic E-state index is 0.187. The van der Waals surface area contributed by atoms with E-state index in [1.54, 1.807) is 57.2 Å². The number of nitrogens with one attached hydrogen (secondary N) is 1. The smallest absolute Gasteiger partial charge is 0.265 e. The molecule has 2 rings (SSSR count). The minimum atomic E-state index is -3.52. The Morgan fingerprint density at radius 1 is 1.15 bits per heavy atom. The van der Waals surface area contributed by atoms with Crippen molar-refractivity contribution in [1.29, 1.82) is 0 Å². The number of hydrogen-bond donors (Lipinski definition) is 1. The van der Waals surface area contributed by atoms with Crippen LogP contribution in [-0.2, 0) is 14.8 Å². The molecule has 0 spiro atoms. The Morgan fingerprint density at radius 3 is 2.33 bits per heavy atom. The van der Waals surface area contributed by atoms with E-state index in [4.69, 9.17) is 16.3 Å². The molecule has 0 aliphatic heterocycles. The summed E-state index contributed by atoms with van der Waals surface area (Å²) in [7, 11) is -3.52. The van der Waals surface area contributed by atoms with Crippen molar-refractivity contribution in [1.82, 2.24) is 4.31 Å². The van der Waals surface area contributed by atoms with Crippen molar-refractivity contribution in [2.75, 3.05) is 18.4 Å². The van der Waals surface area contributed by atoms with E-state index in [1.165, 1.54) is 16.4 Å². The number of halogens is 1. The number of ether oxygens (including phenoxy) is 1. The van der Waals surface area contributed by atoms with Gasteiger partial charge in [0.15, 0.2) is 6.10 Å². The molecule has 6 nitrogen and oxygen atoms in total. The van der Waals surface area contributed by atoms with E-state index in [-0.39, 0.29) is 10.8 Å². The summed E-state index contributed by atoms with van der Waals surface area (Å²) in [5.74, 6) is 0.139. The van der Waals surface area contributed by atoms with Crippen LogP contribution in [0.1, 0.15) is 20.8 Å². The van der Waals surface area contributed by atoms with Gasteiger partial charge in [-0.25, -0.2) is 8.42 Å². The molecule has 0 radical (unpaired) electrons. The lowest BCUT2D eigenvalue weighted by Crippen LogP contribution is -2.31. The van der Waals surface area contributed by atoms with Crippen LogP contribution in [0.25, 0.3) is 0 Å². The average molecular weight is 411 g/mol. The topological polar surface area (TPSA) is 75.7 Å². The van der Waals surface area contributed by atoms with Gasteiger partial charge in [-0.05, 0) is 49.4 Å². The molecule has 0 saturated heterocycles. The SMILES string of the molecule is CCN(CC)S(=O)(=O)c1ccc(NC(=O)[C@H](C)Oc2cccc(Cl)c2)cc1. The molecule has 2 aromatic rings. The summed E-state index contributed by atoms with van der Waals surface area (Å²) in [5.41, 5.74) is 0.486. The summed E-state index contributed by atoms with van der Waals surface area (Å²) in [6, 6.07) is 12.9. The van der Waals surface area contributed by atoms with Crippen LogP contribution in [0.3, 0.4) is 0 Å². The van der Waals surface area contributed by atoms with Gasteiger partial charge in [0.05, 0.1) is 4.90 Å². The molecule has 0 aliphatic carbocycles. The Hall–Kier alpha value is -2.09. The van der Waals surface area contributed by atoms with Gasteiger partial charge in [0.1, 0.15) is 5.75 Å². The molecule has 1 N–H and O–H groups in total. The standard InChI is InChI=1S/C19H23ClN2O4S/c1-4-22(5-2)27(24,25)18-11-9-16(10-12-18)21-19(23)14(3)26-17-8-6-7-15(20)13-17/h6-14H,4-5H2,1-3H3,(H,21,23)/t14-/m0/s1. The monoisotopic (exact) mass is 410 g/mol. The molecule has 0 aromatic heterocycles. The van der Waals surface area contributed by atoms with Gasteiger partial charge in [-0.1, -0.05) is 31.5 Å². The van der Waals surface area contributed by atoms with Gasteiger partial charge in [0.2, 0.25) is 10.0 Å². The summed E-state index contributed by atoms with van der Waals surface area (Å²) >= 11 is 5.90. The Bertz CT molecular complexity index is 881. The van der Waals surface area contributed by atoms with E-state index in [1.807, 2.05) is 0 Å². The van der Waals surface area contributed by atoms with E-state index in [9.17, 15) is 13.2 Å². The molecule has 0 heterocycles. The van der Waals surface area contributed by atoms with Crippen LogP contribution in [-0.4, -0.2) is 37.8 Å². The highest BCUT2D eigenvalue weighted by molar-refractivity contribution is 7.89. The fourth-order valence-electron chi connectivity index (χ4n) is 2.46. The zero-order valence-electron chi connectivity index (χ0n) is 15.5. The van der Waals surface area contributed by atoms with Crippen molar-refractivity contribution >= 4 is 33.2 Å². The van der Waals surface area contributed by atoms with Gasteiger partial charge >= 0.3 is 0 Å². The highest BCUT2D eigenvalue weighted by atomic mass is 35.5. The van der Waals surface area contributed by atoms with Crippen LogP contribution in [0.15, 0.2) is 53.4 Å². The second-order valence-electron chi connectivity index (χ2n) is 5.82. The Balaban J connectivity index is 2.04. The number of anilines is 1. The maximum Gasteiger partial charge on any atom is 0.265 e. The zero-order chi connectivity index (χ0) is 20.0. The van der Waals surface area contributed by atoms with E-state index in [2.05, 4.69) is 5.32 Å². The molecule has 0 fully saturated rings. The first-order valence-corrected chi connectivity index (χ1v) is 10.4. The van der Waals surface area contributed by atoms with Crippen molar-refractivity contribution < 1.29 is 17.9 Å². The largest absolute Gasteiger partial charge is 0.481 e. The number of hydrogen-bond acceptors (Lipinski definition) is 4. The number of benzene rings is 2. The maximum atomic E-state index is 12.5. The van der Waals surface area contributed by atoms with Crippen LogP contribution in [0.4, 0.5) is 5.69 Å². The first-order chi connectivity index (χ1) is 12.8. The maximum absolute atomic E-state index is 12.5. The molecule has 0 bridgehead atoms. The molecule has 1 atom stereocenters. The van der Waals surface area contributed by atoms with Gasteiger partial charge in [0.25, 0.3) is 5.91 Å². The predicted octanol–water partition coefficient (Wildman–Crippen LogP) is 3.78. The minimum Gasteiger partial charge on any atom is -0.481 e. The van der Waals surface area contributed by atoms with Gasteiger partial charge in [-0.2, -0.15) is 4.31 Å². The van der Waals surface area contributed by atoms with Crippen LogP contribution >= 0.6 is 11.6 Å². The van der Waals surface area contributed by atoms with Crippen LogP contribution in [0.2, 0.25) is 5.02 Å². The normalized spacial score (nSPS) is 12.6. The Labute approximate surface area is 165 Å². The van der Waals surface area contributed by atoms with E-state index < -0.39 is 16.1 Å². The lowest BCUT2D eigenvalue weighted by atomic mass is 10.3. The molecule has 146 valence electrons. The number of carbonyl (C=O) groups excluding carboxylic acids is 1. The van der Waals surface area contributed by atoms with Gasteiger partial charge < -0.3 is 10.1 Å². The van der Waals surface area contributed by atoms with Crippen molar-refractivity contribution in [3.8, 4) is 5.75 Å². The first kappa shape index (κ1) is 21.2. The fourth-order valence-corrected chi connectivity index (χ4v) is 4.10. The third kappa shape index (κ3) is 5.45. The molecule has 2 aromatic carbocycles. The van der Waals surface area contributed by atoms with E-state index in [0.29, 0.717) is 29.5 Å². The van der Waals surface area contributed by atoms with Crippen LogP contribution in [0, 0.1) is 0 Å². The zero-order valence-corrected chi connectivity index (χ0v) is 17.0. The number of amides is 1. The average Bonchev–Trinajstić information content (AvgIpc) is 2.63. The van der Waals surface area contributed by atoms with Gasteiger partial charge in [-0.3, -0.25) is 4.79 Å². The first-order valence-electron chi connectivity index (χ1n) is 8.61. The molecule has 0 aliphatic rings. The summed E-state index contributed by atoms with van der Waals surface area (Å²) in [5, 5.41) is 3.23. The van der Waals surface area contributed by atoms with E-state index in [0.717, 1.165) is 0 Å². The lowest BCUT2D eigenvalue weighted by molar-refractivity contribution is -0.122.